The fraction of sp³-hybridized carbons (Fsp3) is 0.583. The third kappa shape index (κ3) is 12.3. The summed E-state index contributed by atoms with van der Waals surface area (Å²) < 4.78 is 5.53. The van der Waals surface area contributed by atoms with E-state index in [4.69, 9.17) is 4.74 Å². The molecule has 2 aromatic carbocycles. The highest BCUT2D eigenvalue weighted by molar-refractivity contribution is 5.92. The van der Waals surface area contributed by atoms with E-state index in [-0.39, 0.29) is 29.9 Å². The summed E-state index contributed by atoms with van der Waals surface area (Å²) in [6, 6.07) is 10.9. The monoisotopic (exact) mass is 623 g/mol. The van der Waals surface area contributed by atoms with Gasteiger partial charge in [-0.2, -0.15) is 0 Å². The Bertz CT molecular complexity index is 1220. The molecule has 0 aromatic heterocycles. The molecule has 1 saturated carbocycles. The van der Waals surface area contributed by atoms with Crippen LogP contribution in [0.2, 0.25) is 0 Å². The van der Waals surface area contributed by atoms with Crippen molar-refractivity contribution < 1.29 is 29.3 Å². The van der Waals surface area contributed by atoms with E-state index in [1.54, 1.807) is 49.9 Å². The quantitative estimate of drug-likeness (QED) is 0.160. The molecule has 2 atom stereocenters. The lowest BCUT2D eigenvalue weighted by Crippen LogP contribution is -2.54. The molecule has 0 aliphatic heterocycles. The molecule has 248 valence electrons. The van der Waals surface area contributed by atoms with Crippen LogP contribution in [0.15, 0.2) is 48.5 Å². The van der Waals surface area contributed by atoms with Crippen LogP contribution < -0.4 is 10.6 Å². The molecule has 9 nitrogen and oxygen atoms in total. The first-order chi connectivity index (χ1) is 21.5. The van der Waals surface area contributed by atoms with E-state index in [0.717, 1.165) is 69.8 Å². The minimum atomic E-state index is -1.05. The average molecular weight is 624 g/mol. The van der Waals surface area contributed by atoms with Gasteiger partial charge in [-0.05, 0) is 75.4 Å². The van der Waals surface area contributed by atoms with Gasteiger partial charge < -0.3 is 30.5 Å². The maximum Gasteiger partial charge on any atom is 0.408 e. The summed E-state index contributed by atoms with van der Waals surface area (Å²) in [5, 5.41) is 26.2. The molecule has 3 amide bonds. The predicted molar refractivity (Wildman–Crippen MR) is 176 cm³/mol. The van der Waals surface area contributed by atoms with Gasteiger partial charge in [0.15, 0.2) is 0 Å². The molecule has 1 aliphatic carbocycles. The van der Waals surface area contributed by atoms with E-state index < -0.39 is 29.7 Å². The van der Waals surface area contributed by atoms with Crippen molar-refractivity contribution in [2.75, 3.05) is 6.54 Å². The number of phenols is 2. The van der Waals surface area contributed by atoms with Gasteiger partial charge in [-0.1, -0.05) is 82.6 Å². The van der Waals surface area contributed by atoms with Gasteiger partial charge in [0, 0.05) is 19.0 Å². The number of nitrogens with one attached hydrogen (secondary N) is 2. The number of ether oxygens (including phenoxy) is 1. The number of carbonyl (C=O) groups excluding carboxylic acids is 3. The predicted octanol–water partition coefficient (Wildman–Crippen LogP) is 6.91. The maximum atomic E-state index is 14.6. The van der Waals surface area contributed by atoms with Gasteiger partial charge in [0.05, 0.1) is 0 Å². The highest BCUT2D eigenvalue weighted by atomic mass is 16.6. The molecule has 0 heterocycles. The van der Waals surface area contributed by atoms with E-state index in [2.05, 4.69) is 17.6 Å². The van der Waals surface area contributed by atoms with Crippen LogP contribution in [0, 0.1) is 0 Å². The summed E-state index contributed by atoms with van der Waals surface area (Å²) in [4.78, 5) is 43.4. The second kappa shape index (κ2) is 17.7. The number of phenolic OH excluding ortho intramolecular Hbond substituents is 2. The number of carbonyl (C=O) groups is 3. The maximum absolute atomic E-state index is 14.6. The molecule has 0 spiro atoms. The minimum absolute atomic E-state index is 0.00227. The van der Waals surface area contributed by atoms with Gasteiger partial charge in [0.1, 0.15) is 29.2 Å². The smallest absolute Gasteiger partial charge is 0.408 e. The van der Waals surface area contributed by atoms with Crippen LogP contribution in [-0.2, 0) is 20.7 Å². The van der Waals surface area contributed by atoms with Crippen LogP contribution in [-0.4, -0.2) is 57.3 Å². The van der Waals surface area contributed by atoms with Crippen LogP contribution in [0.5, 0.6) is 11.5 Å². The van der Waals surface area contributed by atoms with Gasteiger partial charge >= 0.3 is 6.09 Å². The second-order valence-corrected chi connectivity index (χ2v) is 13.2. The van der Waals surface area contributed by atoms with Crippen LogP contribution in [0.1, 0.15) is 115 Å². The van der Waals surface area contributed by atoms with Crippen molar-refractivity contribution in [2.24, 2.45) is 0 Å². The van der Waals surface area contributed by atoms with Crippen molar-refractivity contribution in [3.8, 4) is 11.5 Å². The number of benzene rings is 2. The Morgan fingerprint density at radius 3 is 2.22 bits per heavy atom. The number of rotatable bonds is 15. The number of amides is 3. The van der Waals surface area contributed by atoms with Crippen molar-refractivity contribution >= 4 is 17.9 Å². The van der Waals surface area contributed by atoms with Gasteiger partial charge in [0.2, 0.25) is 11.8 Å². The van der Waals surface area contributed by atoms with Crippen molar-refractivity contribution in [3.05, 3.63) is 59.7 Å². The fourth-order valence-corrected chi connectivity index (χ4v) is 5.84. The van der Waals surface area contributed by atoms with E-state index in [1.807, 2.05) is 0 Å². The molecule has 45 heavy (non-hydrogen) atoms. The van der Waals surface area contributed by atoms with Crippen molar-refractivity contribution in [1.82, 2.24) is 15.5 Å². The number of aromatic hydroxyl groups is 2. The van der Waals surface area contributed by atoms with Crippen molar-refractivity contribution in [3.63, 3.8) is 0 Å². The lowest BCUT2D eigenvalue weighted by Gasteiger charge is -2.36. The first kappa shape index (κ1) is 35.7. The average Bonchev–Trinajstić information content (AvgIpc) is 2.98. The molecule has 0 saturated heterocycles. The van der Waals surface area contributed by atoms with Crippen LogP contribution in [0.25, 0.3) is 0 Å². The zero-order valence-electron chi connectivity index (χ0n) is 27.5. The summed E-state index contributed by atoms with van der Waals surface area (Å²) in [6.07, 6.45) is 10.3. The Morgan fingerprint density at radius 1 is 0.911 bits per heavy atom. The lowest BCUT2D eigenvalue weighted by atomic mass is 9.94. The number of alkyl carbamates (subject to hydrolysis) is 1. The molecule has 2 aromatic rings. The molecular formula is C36H53N3O6. The topological polar surface area (TPSA) is 128 Å². The first-order valence-corrected chi connectivity index (χ1v) is 16.6. The number of nitrogens with zero attached hydrogens (tertiary/aromatic N) is 1. The van der Waals surface area contributed by atoms with E-state index in [9.17, 15) is 24.6 Å². The normalized spacial score (nSPS) is 15.1. The van der Waals surface area contributed by atoms with Gasteiger partial charge in [-0.25, -0.2) is 4.79 Å². The molecule has 3 rings (SSSR count). The Labute approximate surface area is 268 Å². The highest BCUT2D eigenvalue weighted by Gasteiger charge is 2.37. The Balaban J connectivity index is 2.00. The number of hydrogen-bond donors (Lipinski definition) is 4. The van der Waals surface area contributed by atoms with Crippen molar-refractivity contribution in [2.45, 2.75) is 128 Å². The van der Waals surface area contributed by atoms with E-state index in [1.165, 1.54) is 24.3 Å². The summed E-state index contributed by atoms with van der Waals surface area (Å²) in [7, 11) is 0. The van der Waals surface area contributed by atoms with Crippen LogP contribution in [0.3, 0.4) is 0 Å². The largest absolute Gasteiger partial charge is 0.508 e. The summed E-state index contributed by atoms with van der Waals surface area (Å²) >= 11 is 0. The summed E-state index contributed by atoms with van der Waals surface area (Å²) in [5.41, 5.74) is 0.448. The van der Waals surface area contributed by atoms with Crippen molar-refractivity contribution in [1.29, 1.82) is 0 Å². The molecular weight excluding hydrogens is 570 g/mol. The molecule has 1 aliphatic rings. The van der Waals surface area contributed by atoms with Crippen LogP contribution in [0.4, 0.5) is 4.79 Å². The Hall–Kier alpha value is -3.75. The van der Waals surface area contributed by atoms with E-state index >= 15 is 0 Å². The standard InChI is InChI=1S/C36H53N3O6/c1-5-6-7-8-9-13-23-39(32(27-15-14-18-30(41)25-27)33(42)37-28-16-11-10-12-17-28)34(43)31(38-35(44)45-36(2,3)4)24-26-19-21-29(40)22-20-26/h14-15,18-22,25,28,31-32,40-41H,5-13,16-17,23-24H2,1-4H3,(H,37,42)(H,38,44). The fourth-order valence-electron chi connectivity index (χ4n) is 5.84. The van der Waals surface area contributed by atoms with Gasteiger partial charge in [0.25, 0.3) is 0 Å². The Kier molecular flexibility index (Phi) is 14.0. The van der Waals surface area contributed by atoms with Crippen LogP contribution >= 0.6 is 0 Å². The molecule has 9 heteroatoms. The zero-order valence-corrected chi connectivity index (χ0v) is 27.5. The van der Waals surface area contributed by atoms with E-state index in [0.29, 0.717) is 18.5 Å². The zero-order chi connectivity index (χ0) is 32.8. The third-order valence-electron chi connectivity index (χ3n) is 8.10. The van der Waals surface area contributed by atoms with Gasteiger partial charge in [-0.15, -0.1) is 0 Å². The van der Waals surface area contributed by atoms with Gasteiger partial charge in [-0.3, -0.25) is 9.59 Å². The number of hydrogen-bond acceptors (Lipinski definition) is 6. The first-order valence-electron chi connectivity index (χ1n) is 16.6. The SMILES string of the molecule is CCCCCCCCN(C(=O)C(Cc1ccc(O)cc1)NC(=O)OC(C)(C)C)C(C(=O)NC1CCCCC1)c1cccc(O)c1. The lowest BCUT2D eigenvalue weighted by molar-refractivity contribution is -0.143. The molecule has 4 N–H and O–H groups in total. The molecule has 1 fully saturated rings. The summed E-state index contributed by atoms with van der Waals surface area (Å²) in [6.45, 7) is 7.72. The molecule has 2 unspecified atom stereocenters. The second-order valence-electron chi connectivity index (χ2n) is 13.2. The molecule has 0 bridgehead atoms. The number of unbranched alkanes of at least 4 members (excludes halogenated alkanes) is 5. The highest BCUT2D eigenvalue weighted by Crippen LogP contribution is 2.28. The molecule has 0 radical (unpaired) electrons. The summed E-state index contributed by atoms with van der Waals surface area (Å²) in [5.74, 6) is -0.626. The minimum Gasteiger partial charge on any atom is -0.508 e. The third-order valence-corrected chi connectivity index (χ3v) is 8.10. The Morgan fingerprint density at radius 2 is 1.58 bits per heavy atom.